The second kappa shape index (κ2) is 9.44. The van der Waals surface area contributed by atoms with E-state index in [1.54, 1.807) is 0 Å². The standard InChI is InChI=1S/C21H13ClF9N3O/c22-16-8-15(21(29,30)31)6-12(17(16)35)10-34(18-32-2-1-3-33-18)9-11-4-13(19(23,24)25)7-14(5-11)20(26,27)28/h1-8,35H,9-10H2. The molecule has 1 N–H and O–H groups in total. The Hall–Kier alpha value is -3.22. The first kappa shape index (κ1) is 26.4. The lowest BCUT2D eigenvalue weighted by atomic mass is 10.0. The van der Waals surface area contributed by atoms with E-state index in [1.165, 1.54) is 18.5 Å². The smallest absolute Gasteiger partial charge is 0.416 e. The van der Waals surface area contributed by atoms with Crippen LogP contribution in [0, 0.1) is 0 Å². The summed E-state index contributed by atoms with van der Waals surface area (Å²) in [5.74, 6) is -0.980. The van der Waals surface area contributed by atoms with Crippen LogP contribution in [-0.2, 0) is 31.6 Å². The van der Waals surface area contributed by atoms with Crippen molar-refractivity contribution in [2.75, 3.05) is 4.90 Å². The van der Waals surface area contributed by atoms with Gasteiger partial charge in [-0.05, 0) is 42.0 Å². The molecule has 1 aromatic heterocycles. The lowest BCUT2D eigenvalue weighted by Gasteiger charge is -2.25. The average Bonchev–Trinajstić information content (AvgIpc) is 2.74. The fourth-order valence-corrected chi connectivity index (χ4v) is 3.37. The highest BCUT2D eigenvalue weighted by Gasteiger charge is 2.37. The Morgan fingerprint density at radius 1 is 0.714 bits per heavy atom. The first-order chi connectivity index (χ1) is 16.1. The Labute approximate surface area is 196 Å². The second-order valence-electron chi connectivity index (χ2n) is 7.28. The van der Waals surface area contributed by atoms with Gasteiger partial charge in [0.2, 0.25) is 5.95 Å². The molecule has 0 bridgehead atoms. The number of hydrogen-bond acceptors (Lipinski definition) is 4. The molecular weight excluding hydrogens is 517 g/mol. The van der Waals surface area contributed by atoms with E-state index in [9.17, 15) is 44.6 Å². The van der Waals surface area contributed by atoms with Gasteiger partial charge in [0, 0.05) is 31.0 Å². The zero-order valence-electron chi connectivity index (χ0n) is 17.1. The highest BCUT2D eigenvalue weighted by molar-refractivity contribution is 6.32. The zero-order valence-corrected chi connectivity index (χ0v) is 17.9. The molecule has 2 aromatic carbocycles. The fourth-order valence-electron chi connectivity index (χ4n) is 3.13. The number of halogens is 10. The van der Waals surface area contributed by atoms with Crippen molar-refractivity contribution < 1.29 is 44.6 Å². The summed E-state index contributed by atoms with van der Waals surface area (Å²) in [4.78, 5) is 8.74. The van der Waals surface area contributed by atoms with Crippen molar-refractivity contribution in [2.45, 2.75) is 31.6 Å². The van der Waals surface area contributed by atoms with Crippen molar-refractivity contribution >= 4 is 17.5 Å². The Bertz CT molecular complexity index is 1160. The minimum atomic E-state index is -5.10. The van der Waals surface area contributed by atoms with Gasteiger partial charge in [-0.1, -0.05) is 11.6 Å². The lowest BCUT2D eigenvalue weighted by Crippen LogP contribution is -2.25. The second-order valence-corrected chi connectivity index (χ2v) is 7.69. The van der Waals surface area contributed by atoms with Crippen LogP contribution in [0.15, 0.2) is 48.8 Å². The Morgan fingerprint density at radius 3 is 1.69 bits per heavy atom. The Kier molecular flexibility index (Phi) is 7.12. The van der Waals surface area contributed by atoms with Gasteiger partial charge in [0.25, 0.3) is 0 Å². The van der Waals surface area contributed by atoms with Crippen molar-refractivity contribution in [1.29, 1.82) is 0 Å². The molecule has 4 nitrogen and oxygen atoms in total. The summed E-state index contributed by atoms with van der Waals surface area (Å²) in [6.07, 6.45) is -12.6. The van der Waals surface area contributed by atoms with Crippen LogP contribution >= 0.6 is 11.6 Å². The molecule has 0 aliphatic rings. The largest absolute Gasteiger partial charge is 0.506 e. The van der Waals surface area contributed by atoms with Crippen LogP contribution in [-0.4, -0.2) is 15.1 Å². The number of anilines is 1. The van der Waals surface area contributed by atoms with E-state index >= 15 is 0 Å². The molecule has 3 rings (SSSR count). The minimum absolute atomic E-state index is 0.0503. The van der Waals surface area contributed by atoms with Gasteiger partial charge in [0.05, 0.1) is 21.7 Å². The van der Waals surface area contributed by atoms with Gasteiger partial charge in [-0.2, -0.15) is 39.5 Å². The third-order valence-electron chi connectivity index (χ3n) is 4.69. The number of nitrogens with zero attached hydrogens (tertiary/aromatic N) is 3. The predicted molar refractivity (Wildman–Crippen MR) is 106 cm³/mol. The first-order valence-corrected chi connectivity index (χ1v) is 9.82. The summed E-state index contributed by atoms with van der Waals surface area (Å²) in [5.41, 5.74) is -5.23. The molecule has 0 aliphatic carbocycles. The van der Waals surface area contributed by atoms with Crippen molar-refractivity contribution in [2.24, 2.45) is 0 Å². The third kappa shape index (κ3) is 6.47. The number of phenols is 1. The van der Waals surface area contributed by atoms with Gasteiger partial charge in [-0.3, -0.25) is 0 Å². The van der Waals surface area contributed by atoms with Crippen molar-refractivity contribution in [1.82, 2.24) is 9.97 Å². The van der Waals surface area contributed by atoms with E-state index in [1.807, 2.05) is 0 Å². The van der Waals surface area contributed by atoms with Crippen LogP contribution in [0.1, 0.15) is 27.8 Å². The number of alkyl halides is 9. The Balaban J connectivity index is 2.10. The molecule has 0 radical (unpaired) electrons. The van der Waals surface area contributed by atoms with Gasteiger partial charge < -0.3 is 10.0 Å². The van der Waals surface area contributed by atoms with Gasteiger partial charge in [0.1, 0.15) is 5.75 Å². The molecule has 35 heavy (non-hydrogen) atoms. The molecule has 3 aromatic rings. The molecule has 0 amide bonds. The van der Waals surface area contributed by atoms with Crippen LogP contribution in [0.5, 0.6) is 5.75 Å². The molecule has 188 valence electrons. The zero-order chi connectivity index (χ0) is 26.2. The van der Waals surface area contributed by atoms with Crippen LogP contribution in [0.2, 0.25) is 5.02 Å². The first-order valence-electron chi connectivity index (χ1n) is 9.44. The summed E-state index contributed by atoms with van der Waals surface area (Å²) in [6.45, 7) is -1.30. The SMILES string of the molecule is Oc1c(Cl)cc(C(F)(F)F)cc1CN(Cc1cc(C(F)(F)F)cc(C(F)(F)F)c1)c1ncccn1. The molecule has 0 saturated heterocycles. The third-order valence-corrected chi connectivity index (χ3v) is 4.97. The lowest BCUT2D eigenvalue weighted by molar-refractivity contribution is -0.143. The number of aromatic hydroxyl groups is 1. The van der Waals surface area contributed by atoms with E-state index in [0.717, 1.165) is 4.90 Å². The summed E-state index contributed by atoms with van der Waals surface area (Å²) >= 11 is 5.71. The Morgan fingerprint density at radius 2 is 1.20 bits per heavy atom. The van der Waals surface area contributed by atoms with E-state index < -0.39 is 70.2 Å². The quantitative estimate of drug-likeness (QED) is 0.358. The molecular formula is C21H13ClF9N3O. The normalized spacial score (nSPS) is 12.6. The average molecular weight is 530 g/mol. The number of benzene rings is 2. The summed E-state index contributed by atoms with van der Waals surface area (Å²) < 4.78 is 119. The summed E-state index contributed by atoms with van der Waals surface area (Å²) in [5, 5.41) is 9.54. The minimum Gasteiger partial charge on any atom is -0.506 e. The molecule has 0 aliphatic heterocycles. The topological polar surface area (TPSA) is 49.2 Å². The van der Waals surface area contributed by atoms with Crippen LogP contribution in [0.25, 0.3) is 0 Å². The molecule has 0 unspecified atom stereocenters. The van der Waals surface area contributed by atoms with Gasteiger partial charge in [-0.25, -0.2) is 9.97 Å². The van der Waals surface area contributed by atoms with E-state index in [0.29, 0.717) is 24.3 Å². The van der Waals surface area contributed by atoms with Gasteiger partial charge >= 0.3 is 18.5 Å². The van der Waals surface area contributed by atoms with Crippen molar-refractivity contribution in [3.05, 3.63) is 81.6 Å². The maximum Gasteiger partial charge on any atom is 0.416 e. The molecule has 1 heterocycles. The van der Waals surface area contributed by atoms with Crippen LogP contribution in [0.4, 0.5) is 45.5 Å². The van der Waals surface area contributed by atoms with Crippen LogP contribution < -0.4 is 4.90 Å². The summed E-state index contributed by atoms with van der Waals surface area (Å²) in [7, 11) is 0. The maximum absolute atomic E-state index is 13.2. The highest BCUT2D eigenvalue weighted by Crippen LogP contribution is 2.39. The molecule has 0 atom stereocenters. The molecule has 0 fully saturated rings. The van der Waals surface area contributed by atoms with Gasteiger partial charge in [-0.15, -0.1) is 0 Å². The monoisotopic (exact) mass is 529 g/mol. The van der Waals surface area contributed by atoms with E-state index in [-0.39, 0.29) is 12.0 Å². The van der Waals surface area contributed by atoms with E-state index in [4.69, 9.17) is 11.6 Å². The molecule has 0 spiro atoms. The van der Waals surface area contributed by atoms with Crippen molar-refractivity contribution in [3.63, 3.8) is 0 Å². The maximum atomic E-state index is 13.2. The summed E-state index contributed by atoms with van der Waals surface area (Å²) in [6, 6.07) is 3.31. The number of phenolic OH excluding ortho intramolecular Hbond substituents is 1. The van der Waals surface area contributed by atoms with Gasteiger partial charge in [0.15, 0.2) is 0 Å². The molecule has 0 saturated carbocycles. The van der Waals surface area contributed by atoms with E-state index in [2.05, 4.69) is 9.97 Å². The van der Waals surface area contributed by atoms with Crippen molar-refractivity contribution in [3.8, 4) is 5.75 Å². The highest BCUT2D eigenvalue weighted by atomic mass is 35.5. The molecule has 14 heteroatoms. The van der Waals surface area contributed by atoms with Crippen LogP contribution in [0.3, 0.4) is 0 Å². The number of aromatic nitrogens is 2. The number of hydrogen-bond donors (Lipinski definition) is 1. The predicted octanol–water partition coefficient (Wildman–Crippen LogP) is 7.10. The number of rotatable bonds is 5. The fraction of sp³-hybridized carbons (Fsp3) is 0.238.